The molecule has 0 spiro atoms. The van der Waals surface area contributed by atoms with Crippen molar-refractivity contribution in [3.05, 3.63) is 47.8 Å². The zero-order valence-electron chi connectivity index (χ0n) is 16.9. The van der Waals surface area contributed by atoms with E-state index in [0.29, 0.717) is 12.5 Å². The molecule has 0 amide bonds. The van der Waals surface area contributed by atoms with Gasteiger partial charge in [-0.3, -0.25) is 4.68 Å². The summed E-state index contributed by atoms with van der Waals surface area (Å²) >= 11 is 0. The molecule has 3 N–H and O–H groups in total. The van der Waals surface area contributed by atoms with Crippen molar-refractivity contribution in [2.24, 2.45) is 12.0 Å². The number of guanidine groups is 1. The highest BCUT2D eigenvalue weighted by atomic mass is 16.5. The summed E-state index contributed by atoms with van der Waals surface area (Å²) in [7, 11) is 1.82. The second kappa shape index (κ2) is 9.41. The Morgan fingerprint density at radius 2 is 2.19 bits per heavy atom. The Morgan fingerprint density at radius 1 is 1.41 bits per heavy atom. The van der Waals surface area contributed by atoms with Gasteiger partial charge in [0.1, 0.15) is 17.5 Å². The molecule has 0 aliphatic carbocycles. The van der Waals surface area contributed by atoms with Crippen LogP contribution < -0.4 is 15.4 Å². The van der Waals surface area contributed by atoms with E-state index >= 15 is 0 Å². The number of aliphatic hydroxyl groups is 1. The Kier molecular flexibility index (Phi) is 7.24. The lowest BCUT2D eigenvalue weighted by atomic mass is 10.0. The zero-order chi connectivity index (χ0) is 19.9. The quantitative estimate of drug-likeness (QED) is 0.487. The van der Waals surface area contributed by atoms with Crippen molar-refractivity contribution in [1.29, 1.82) is 0 Å². The lowest BCUT2D eigenvalue weighted by Crippen LogP contribution is -2.42. The molecule has 27 heavy (non-hydrogen) atoms. The van der Waals surface area contributed by atoms with Gasteiger partial charge in [-0.15, -0.1) is 0 Å². The van der Waals surface area contributed by atoms with E-state index in [4.69, 9.17) is 4.74 Å². The average molecular weight is 374 g/mol. The zero-order valence-corrected chi connectivity index (χ0v) is 16.9. The van der Waals surface area contributed by atoms with Gasteiger partial charge in [-0.2, -0.15) is 5.10 Å². The molecule has 0 bridgehead atoms. The van der Waals surface area contributed by atoms with Gasteiger partial charge < -0.3 is 20.5 Å². The second-order valence-corrected chi connectivity index (χ2v) is 7.00. The SMILES string of the molecule is CCNC(=NCC(C)(O)c1cnn(C)c1)NCC(C)Oc1cccc(C)c1. The number of benzene rings is 1. The number of nitrogens with zero attached hydrogens (tertiary/aromatic N) is 3. The van der Waals surface area contributed by atoms with Crippen molar-refractivity contribution in [1.82, 2.24) is 20.4 Å². The molecule has 0 fully saturated rings. The minimum Gasteiger partial charge on any atom is -0.489 e. The first kappa shape index (κ1) is 20.8. The van der Waals surface area contributed by atoms with Crippen LogP contribution in [0.3, 0.4) is 0 Å². The van der Waals surface area contributed by atoms with Crippen molar-refractivity contribution in [3.8, 4) is 5.75 Å². The van der Waals surface area contributed by atoms with Crippen LogP contribution in [0.25, 0.3) is 0 Å². The summed E-state index contributed by atoms with van der Waals surface area (Å²) in [4.78, 5) is 4.52. The molecule has 0 radical (unpaired) electrons. The molecule has 7 heteroatoms. The van der Waals surface area contributed by atoms with Gasteiger partial charge in [-0.25, -0.2) is 4.99 Å². The van der Waals surface area contributed by atoms with Crippen LogP contribution >= 0.6 is 0 Å². The topological polar surface area (TPSA) is 83.7 Å². The van der Waals surface area contributed by atoms with Gasteiger partial charge >= 0.3 is 0 Å². The number of aromatic nitrogens is 2. The second-order valence-electron chi connectivity index (χ2n) is 7.00. The van der Waals surface area contributed by atoms with E-state index in [9.17, 15) is 5.11 Å². The van der Waals surface area contributed by atoms with Gasteiger partial charge in [0.25, 0.3) is 0 Å². The van der Waals surface area contributed by atoms with Crippen molar-refractivity contribution in [2.45, 2.75) is 39.4 Å². The molecular weight excluding hydrogens is 342 g/mol. The number of rotatable bonds is 8. The number of hydrogen-bond acceptors (Lipinski definition) is 4. The van der Waals surface area contributed by atoms with Gasteiger partial charge in [-0.1, -0.05) is 12.1 Å². The summed E-state index contributed by atoms with van der Waals surface area (Å²) < 4.78 is 7.60. The minimum atomic E-state index is -1.08. The molecule has 1 aromatic carbocycles. The fourth-order valence-corrected chi connectivity index (χ4v) is 2.57. The van der Waals surface area contributed by atoms with E-state index in [1.54, 1.807) is 24.0 Å². The first-order valence-corrected chi connectivity index (χ1v) is 9.27. The van der Waals surface area contributed by atoms with Crippen LogP contribution in [0.1, 0.15) is 31.9 Å². The predicted octanol–water partition coefficient (Wildman–Crippen LogP) is 1.96. The standard InChI is InChI=1S/C20H31N5O2/c1-6-21-19(23-14-20(4,26)17-12-24-25(5)13-17)22-11-16(3)27-18-9-7-8-15(2)10-18/h7-10,12-13,16,26H,6,11,14H2,1-5H3,(H2,21,22,23). The van der Waals surface area contributed by atoms with Crippen molar-refractivity contribution >= 4 is 5.96 Å². The Hall–Kier alpha value is -2.54. The molecule has 0 aliphatic rings. The Balaban J connectivity index is 1.92. The molecule has 7 nitrogen and oxygen atoms in total. The Labute approximate surface area is 161 Å². The molecule has 148 valence electrons. The van der Waals surface area contributed by atoms with Crippen LogP contribution in [-0.4, -0.2) is 46.6 Å². The van der Waals surface area contributed by atoms with Crippen LogP contribution in [0.4, 0.5) is 0 Å². The van der Waals surface area contributed by atoms with Crippen LogP contribution in [0.15, 0.2) is 41.7 Å². The van der Waals surface area contributed by atoms with Gasteiger partial charge in [0.15, 0.2) is 5.96 Å². The molecule has 2 atom stereocenters. The summed E-state index contributed by atoms with van der Waals surface area (Å²) in [6.07, 6.45) is 3.43. The smallest absolute Gasteiger partial charge is 0.191 e. The maximum absolute atomic E-state index is 10.7. The van der Waals surface area contributed by atoms with Gasteiger partial charge in [0.05, 0.1) is 19.3 Å². The van der Waals surface area contributed by atoms with Crippen LogP contribution in [0.5, 0.6) is 5.75 Å². The fraction of sp³-hybridized carbons (Fsp3) is 0.500. The number of aliphatic imine (C=N–C) groups is 1. The molecule has 0 aliphatic heterocycles. The van der Waals surface area contributed by atoms with Crippen LogP contribution in [0.2, 0.25) is 0 Å². The summed E-state index contributed by atoms with van der Waals surface area (Å²) in [5.74, 6) is 1.49. The highest BCUT2D eigenvalue weighted by Crippen LogP contribution is 2.19. The summed E-state index contributed by atoms with van der Waals surface area (Å²) in [6, 6.07) is 7.99. The van der Waals surface area contributed by atoms with Gasteiger partial charge in [0, 0.05) is 25.4 Å². The number of aryl methyl sites for hydroxylation is 2. The van der Waals surface area contributed by atoms with Crippen molar-refractivity contribution in [3.63, 3.8) is 0 Å². The molecular formula is C20H31N5O2. The van der Waals surface area contributed by atoms with Crippen molar-refractivity contribution in [2.75, 3.05) is 19.6 Å². The third kappa shape index (κ3) is 6.60. The highest BCUT2D eigenvalue weighted by molar-refractivity contribution is 5.79. The molecule has 2 unspecified atom stereocenters. The maximum atomic E-state index is 10.7. The Morgan fingerprint density at radius 3 is 2.81 bits per heavy atom. The molecule has 2 aromatic rings. The van der Waals surface area contributed by atoms with E-state index in [1.807, 2.05) is 52.1 Å². The van der Waals surface area contributed by atoms with E-state index < -0.39 is 5.60 Å². The minimum absolute atomic E-state index is 0.0329. The average Bonchev–Trinajstić information content (AvgIpc) is 3.05. The Bertz CT molecular complexity index is 754. The van der Waals surface area contributed by atoms with Crippen LogP contribution in [0, 0.1) is 6.92 Å². The maximum Gasteiger partial charge on any atom is 0.191 e. The first-order valence-electron chi connectivity index (χ1n) is 9.27. The molecule has 0 saturated heterocycles. The largest absolute Gasteiger partial charge is 0.489 e. The molecule has 0 saturated carbocycles. The lowest BCUT2D eigenvalue weighted by Gasteiger charge is -2.21. The normalized spacial score (nSPS) is 15.1. The van der Waals surface area contributed by atoms with E-state index in [1.165, 1.54) is 5.56 Å². The van der Waals surface area contributed by atoms with Gasteiger partial charge in [0.2, 0.25) is 0 Å². The summed E-state index contributed by atoms with van der Waals surface area (Å²) in [5.41, 5.74) is 0.821. The lowest BCUT2D eigenvalue weighted by molar-refractivity contribution is 0.0671. The van der Waals surface area contributed by atoms with E-state index in [2.05, 4.69) is 20.7 Å². The predicted molar refractivity (Wildman–Crippen MR) is 108 cm³/mol. The number of ether oxygens (including phenoxy) is 1. The summed E-state index contributed by atoms with van der Waals surface area (Å²) in [5, 5.41) is 21.2. The molecule has 2 rings (SSSR count). The van der Waals surface area contributed by atoms with Crippen LogP contribution in [-0.2, 0) is 12.6 Å². The third-order valence-electron chi connectivity index (χ3n) is 4.10. The van der Waals surface area contributed by atoms with E-state index in [0.717, 1.165) is 17.9 Å². The first-order chi connectivity index (χ1) is 12.8. The van der Waals surface area contributed by atoms with Crippen molar-refractivity contribution < 1.29 is 9.84 Å². The third-order valence-corrected chi connectivity index (χ3v) is 4.10. The number of nitrogens with one attached hydrogen (secondary N) is 2. The monoisotopic (exact) mass is 373 g/mol. The highest BCUT2D eigenvalue weighted by Gasteiger charge is 2.24. The molecule has 1 heterocycles. The van der Waals surface area contributed by atoms with E-state index in [-0.39, 0.29) is 12.6 Å². The number of hydrogen-bond donors (Lipinski definition) is 3. The molecule has 1 aromatic heterocycles. The summed E-state index contributed by atoms with van der Waals surface area (Å²) in [6.45, 7) is 9.33. The van der Waals surface area contributed by atoms with Gasteiger partial charge in [-0.05, 0) is 45.4 Å². The fourth-order valence-electron chi connectivity index (χ4n) is 2.57.